The number of carbonyl (C=O) groups excluding carboxylic acids is 2. The number of nitrogens with zero attached hydrogens (tertiary/aromatic N) is 1. The summed E-state index contributed by atoms with van der Waals surface area (Å²) in [6, 6.07) is 25.4. The minimum Gasteiger partial charge on any atom is -0.493 e. The molecule has 0 spiro atoms. The number of methoxy groups -OCH3 is 2. The highest BCUT2D eigenvalue weighted by molar-refractivity contribution is 5.89. The number of ether oxygens (including phenoxy) is 3. The summed E-state index contributed by atoms with van der Waals surface area (Å²) in [6.45, 7) is 2.55. The zero-order chi connectivity index (χ0) is 32.8. The highest BCUT2D eigenvalue weighted by atomic mass is 16.5. The first-order valence-corrected chi connectivity index (χ1v) is 17.5. The number of hydrogen-bond donors (Lipinski definition) is 0. The summed E-state index contributed by atoms with van der Waals surface area (Å²) in [6.07, 6.45) is 15.7. The van der Waals surface area contributed by atoms with Gasteiger partial charge in [-0.25, -0.2) is 4.79 Å². The maximum atomic E-state index is 12.2. The van der Waals surface area contributed by atoms with Crippen molar-refractivity contribution < 1.29 is 23.8 Å². The molecule has 0 radical (unpaired) electrons. The van der Waals surface area contributed by atoms with Crippen molar-refractivity contribution in [2.45, 2.75) is 76.7 Å². The SMILES string of the molecule is COC(=O)CCCCN(CCc1ccccc1OCC1CCC(/C=C/c2ccccc2)CC1)C1CCCc2cc(C(=O)OC)ccc21. The largest absolute Gasteiger partial charge is 0.493 e. The van der Waals surface area contributed by atoms with Crippen molar-refractivity contribution in [2.75, 3.05) is 33.9 Å². The van der Waals surface area contributed by atoms with E-state index in [9.17, 15) is 9.59 Å². The van der Waals surface area contributed by atoms with Crippen molar-refractivity contribution in [1.29, 1.82) is 0 Å². The summed E-state index contributed by atoms with van der Waals surface area (Å²) >= 11 is 0. The molecule has 2 aliphatic rings. The van der Waals surface area contributed by atoms with Crippen LogP contribution in [0.1, 0.15) is 96.4 Å². The Kier molecular flexibility index (Phi) is 13.1. The molecule has 0 aliphatic heterocycles. The zero-order valence-electron chi connectivity index (χ0n) is 28.2. The molecule has 6 nitrogen and oxygen atoms in total. The molecule has 0 saturated heterocycles. The third-order valence-electron chi connectivity index (χ3n) is 9.96. The standard InChI is InChI=1S/C41H51NO5/c1-45-40(43)17-8-9-27-42(38-15-10-14-35-29-36(41(44)46-2)24-25-37(35)38)28-26-34-13-6-7-16-39(34)47-30-33-22-20-32(21-23-33)19-18-31-11-4-3-5-12-31/h3-7,11-13,16,18-19,24-25,29,32-33,38H,8-10,14-15,17,20-23,26-28,30H2,1-2H3/b19-18+. The lowest BCUT2D eigenvalue weighted by atomic mass is 9.82. The fourth-order valence-corrected chi connectivity index (χ4v) is 7.20. The van der Waals surface area contributed by atoms with Crippen LogP contribution >= 0.6 is 0 Å². The molecular formula is C41H51NO5. The molecule has 1 saturated carbocycles. The smallest absolute Gasteiger partial charge is 0.337 e. The highest BCUT2D eigenvalue weighted by Crippen LogP contribution is 2.36. The van der Waals surface area contributed by atoms with Gasteiger partial charge in [0.1, 0.15) is 5.75 Å². The van der Waals surface area contributed by atoms with Gasteiger partial charge in [-0.3, -0.25) is 9.69 Å². The Bertz CT molecular complexity index is 1460. The van der Waals surface area contributed by atoms with Gasteiger partial charge in [0, 0.05) is 19.0 Å². The van der Waals surface area contributed by atoms with Gasteiger partial charge in [-0.1, -0.05) is 66.7 Å². The van der Waals surface area contributed by atoms with Crippen molar-refractivity contribution in [3.63, 3.8) is 0 Å². The second-order valence-electron chi connectivity index (χ2n) is 13.1. The monoisotopic (exact) mass is 637 g/mol. The van der Waals surface area contributed by atoms with Gasteiger partial charge in [0.15, 0.2) is 0 Å². The Balaban J connectivity index is 1.20. The van der Waals surface area contributed by atoms with E-state index in [1.165, 1.54) is 62.2 Å². The lowest BCUT2D eigenvalue weighted by Gasteiger charge is -2.36. The van der Waals surface area contributed by atoms with E-state index in [4.69, 9.17) is 14.2 Å². The number of benzene rings is 3. The number of carbonyl (C=O) groups is 2. The minimum atomic E-state index is -0.292. The summed E-state index contributed by atoms with van der Waals surface area (Å²) in [5.41, 5.74) is 5.66. The van der Waals surface area contributed by atoms with Crippen LogP contribution in [0, 0.1) is 11.8 Å². The molecule has 0 N–H and O–H groups in total. The fourth-order valence-electron chi connectivity index (χ4n) is 7.20. The van der Waals surface area contributed by atoms with Gasteiger partial charge in [-0.05, 0) is 123 Å². The van der Waals surface area contributed by atoms with Crippen LogP contribution in [0.5, 0.6) is 5.75 Å². The summed E-state index contributed by atoms with van der Waals surface area (Å²) in [5.74, 6) is 1.78. The van der Waals surface area contributed by atoms with Gasteiger partial charge >= 0.3 is 11.9 Å². The van der Waals surface area contributed by atoms with Crippen LogP contribution < -0.4 is 4.74 Å². The van der Waals surface area contributed by atoms with Crippen molar-refractivity contribution >= 4 is 18.0 Å². The summed E-state index contributed by atoms with van der Waals surface area (Å²) in [4.78, 5) is 26.6. The van der Waals surface area contributed by atoms with E-state index in [0.717, 1.165) is 64.0 Å². The topological polar surface area (TPSA) is 65.1 Å². The molecule has 250 valence electrons. The molecule has 1 unspecified atom stereocenters. The molecule has 0 amide bonds. The molecule has 5 rings (SSSR count). The van der Waals surface area contributed by atoms with Crippen molar-refractivity contribution in [3.8, 4) is 5.75 Å². The highest BCUT2D eigenvalue weighted by Gasteiger charge is 2.27. The Morgan fingerprint density at radius 3 is 2.43 bits per heavy atom. The van der Waals surface area contributed by atoms with E-state index in [1.807, 2.05) is 12.1 Å². The third-order valence-corrected chi connectivity index (χ3v) is 9.96. The van der Waals surface area contributed by atoms with Crippen LogP contribution in [0.15, 0.2) is 78.9 Å². The van der Waals surface area contributed by atoms with E-state index in [0.29, 0.717) is 23.8 Å². The molecular weight excluding hydrogens is 586 g/mol. The Morgan fingerprint density at radius 2 is 1.64 bits per heavy atom. The molecule has 6 heteroatoms. The zero-order valence-corrected chi connectivity index (χ0v) is 28.2. The molecule has 3 aromatic carbocycles. The predicted octanol–water partition coefficient (Wildman–Crippen LogP) is 8.64. The van der Waals surface area contributed by atoms with E-state index in [2.05, 4.69) is 77.7 Å². The van der Waals surface area contributed by atoms with E-state index in [-0.39, 0.29) is 18.0 Å². The van der Waals surface area contributed by atoms with Gasteiger partial charge in [0.05, 0.1) is 26.4 Å². The number of hydrogen-bond acceptors (Lipinski definition) is 6. The van der Waals surface area contributed by atoms with Gasteiger partial charge in [-0.2, -0.15) is 0 Å². The fraction of sp³-hybridized carbons (Fsp3) is 0.463. The predicted molar refractivity (Wildman–Crippen MR) is 187 cm³/mol. The number of allylic oxidation sites excluding steroid dienone is 1. The molecule has 0 bridgehead atoms. The van der Waals surface area contributed by atoms with Gasteiger partial charge in [-0.15, -0.1) is 0 Å². The molecule has 47 heavy (non-hydrogen) atoms. The molecule has 1 fully saturated rings. The molecule has 0 heterocycles. The summed E-state index contributed by atoms with van der Waals surface area (Å²) in [5, 5.41) is 0. The van der Waals surface area contributed by atoms with Crippen LogP contribution in [-0.2, 0) is 27.1 Å². The number of aryl methyl sites for hydroxylation is 1. The summed E-state index contributed by atoms with van der Waals surface area (Å²) in [7, 11) is 2.88. The number of para-hydroxylation sites is 1. The van der Waals surface area contributed by atoms with E-state index >= 15 is 0 Å². The van der Waals surface area contributed by atoms with Gasteiger partial charge in [0.2, 0.25) is 0 Å². The lowest BCUT2D eigenvalue weighted by molar-refractivity contribution is -0.140. The first-order valence-electron chi connectivity index (χ1n) is 17.5. The van der Waals surface area contributed by atoms with Gasteiger partial charge < -0.3 is 14.2 Å². The van der Waals surface area contributed by atoms with Crippen molar-refractivity contribution in [3.05, 3.63) is 107 Å². The Morgan fingerprint density at radius 1 is 0.851 bits per heavy atom. The van der Waals surface area contributed by atoms with Crippen molar-refractivity contribution in [2.24, 2.45) is 11.8 Å². The maximum absolute atomic E-state index is 12.2. The number of rotatable bonds is 15. The quantitative estimate of drug-likeness (QED) is 0.123. The minimum absolute atomic E-state index is 0.155. The van der Waals surface area contributed by atoms with Crippen molar-refractivity contribution in [1.82, 2.24) is 4.90 Å². The molecule has 3 aromatic rings. The average Bonchev–Trinajstić information content (AvgIpc) is 3.13. The van der Waals surface area contributed by atoms with Crippen LogP contribution in [-0.4, -0.2) is 50.8 Å². The normalized spacial score (nSPS) is 19.3. The Labute approximate surface area is 281 Å². The summed E-state index contributed by atoms with van der Waals surface area (Å²) < 4.78 is 16.4. The third kappa shape index (κ3) is 10.0. The number of fused-ring (bicyclic) bond motifs is 1. The first-order chi connectivity index (χ1) is 23.0. The second-order valence-corrected chi connectivity index (χ2v) is 13.1. The molecule has 0 aromatic heterocycles. The lowest BCUT2D eigenvalue weighted by Crippen LogP contribution is -2.34. The molecule has 2 aliphatic carbocycles. The first kappa shape index (κ1) is 34.4. The van der Waals surface area contributed by atoms with E-state index in [1.54, 1.807) is 0 Å². The van der Waals surface area contributed by atoms with Crippen LogP contribution in [0.4, 0.5) is 0 Å². The second kappa shape index (κ2) is 17.9. The number of unbranched alkanes of at least 4 members (excludes halogenated alkanes) is 1. The number of esters is 2. The maximum Gasteiger partial charge on any atom is 0.337 e. The van der Waals surface area contributed by atoms with Crippen LogP contribution in [0.25, 0.3) is 6.08 Å². The van der Waals surface area contributed by atoms with Crippen LogP contribution in [0.2, 0.25) is 0 Å². The van der Waals surface area contributed by atoms with Gasteiger partial charge in [0.25, 0.3) is 0 Å². The Hall–Kier alpha value is -3.90. The average molecular weight is 638 g/mol. The molecule has 1 atom stereocenters. The van der Waals surface area contributed by atoms with E-state index < -0.39 is 0 Å². The van der Waals surface area contributed by atoms with Crippen LogP contribution in [0.3, 0.4) is 0 Å².